The average molecular weight is 324 g/mol. The van der Waals surface area contributed by atoms with E-state index in [9.17, 15) is 4.79 Å². The summed E-state index contributed by atoms with van der Waals surface area (Å²) in [6.45, 7) is 0.657. The molecule has 0 saturated heterocycles. The maximum absolute atomic E-state index is 12.8. The van der Waals surface area contributed by atoms with Crippen LogP contribution in [0.5, 0.6) is 0 Å². The van der Waals surface area contributed by atoms with E-state index in [1.807, 2.05) is 36.2 Å². The molecule has 0 radical (unpaired) electrons. The lowest BCUT2D eigenvalue weighted by Gasteiger charge is -2.23. The molecule has 0 spiro atoms. The first-order valence-corrected chi connectivity index (χ1v) is 8.86. The summed E-state index contributed by atoms with van der Waals surface area (Å²) in [5.41, 5.74) is 2.28. The first kappa shape index (κ1) is 15.2. The molecule has 1 aromatic carbocycles. The molecule has 1 aromatic heterocycles. The molecule has 0 atom stereocenters. The van der Waals surface area contributed by atoms with E-state index in [0.29, 0.717) is 18.5 Å². The fourth-order valence-electron chi connectivity index (χ4n) is 3.22. The van der Waals surface area contributed by atoms with Crippen molar-refractivity contribution in [1.82, 2.24) is 14.7 Å². The predicted octanol–water partition coefficient (Wildman–Crippen LogP) is 3.88. The van der Waals surface area contributed by atoms with Crippen LogP contribution in [0.15, 0.2) is 36.4 Å². The van der Waals surface area contributed by atoms with Crippen molar-refractivity contribution in [2.75, 3.05) is 5.32 Å². The highest BCUT2D eigenvalue weighted by molar-refractivity contribution is 5.89. The molecule has 2 amide bonds. The van der Waals surface area contributed by atoms with E-state index in [1.54, 1.807) is 4.68 Å². The number of amides is 2. The molecule has 1 heterocycles. The van der Waals surface area contributed by atoms with E-state index < -0.39 is 0 Å². The molecule has 2 fully saturated rings. The summed E-state index contributed by atoms with van der Waals surface area (Å²) < 4.78 is 1.79. The monoisotopic (exact) mass is 324 g/mol. The van der Waals surface area contributed by atoms with E-state index in [-0.39, 0.29) is 6.03 Å². The SMILES string of the molecule is Cn1nc(C2CCC2)cc1NC(=O)N(Cc1ccccc1)C1CC1. The molecule has 5 heteroatoms. The molecule has 0 unspecified atom stereocenters. The standard InChI is InChI=1S/C19H24N4O/c1-22-18(12-17(21-22)15-8-5-9-15)20-19(24)23(16-10-11-16)13-14-6-3-2-4-7-14/h2-4,6-7,12,15-16H,5,8-11,13H2,1H3,(H,20,24). The number of aryl methyl sites for hydroxylation is 1. The summed E-state index contributed by atoms with van der Waals surface area (Å²) in [6, 6.07) is 12.6. The third-order valence-electron chi connectivity index (χ3n) is 5.10. The van der Waals surface area contributed by atoms with Crippen LogP contribution in [0, 0.1) is 0 Å². The van der Waals surface area contributed by atoms with Gasteiger partial charge in [-0.3, -0.25) is 10.00 Å². The number of nitrogens with one attached hydrogen (secondary N) is 1. The van der Waals surface area contributed by atoms with Crippen LogP contribution < -0.4 is 5.32 Å². The zero-order chi connectivity index (χ0) is 16.5. The Morgan fingerprint density at radius 1 is 1.25 bits per heavy atom. The van der Waals surface area contributed by atoms with Crippen LogP contribution in [-0.4, -0.2) is 26.8 Å². The zero-order valence-corrected chi connectivity index (χ0v) is 14.1. The van der Waals surface area contributed by atoms with Gasteiger partial charge in [-0.1, -0.05) is 36.8 Å². The Morgan fingerprint density at radius 3 is 2.62 bits per heavy atom. The highest BCUT2D eigenvalue weighted by Gasteiger charge is 2.33. The van der Waals surface area contributed by atoms with Crippen LogP contribution in [-0.2, 0) is 13.6 Å². The Labute approximate surface area is 142 Å². The third kappa shape index (κ3) is 3.16. The molecule has 1 N–H and O–H groups in total. The van der Waals surface area contributed by atoms with Gasteiger partial charge in [-0.15, -0.1) is 0 Å². The van der Waals surface area contributed by atoms with Crippen molar-refractivity contribution < 1.29 is 4.79 Å². The smallest absolute Gasteiger partial charge is 0.317 e. The van der Waals surface area contributed by atoms with Gasteiger partial charge in [0, 0.05) is 31.6 Å². The van der Waals surface area contributed by atoms with Gasteiger partial charge in [0.2, 0.25) is 0 Å². The molecular weight excluding hydrogens is 300 g/mol. The van der Waals surface area contributed by atoms with Gasteiger partial charge >= 0.3 is 6.03 Å². The maximum atomic E-state index is 12.8. The number of hydrogen-bond donors (Lipinski definition) is 1. The topological polar surface area (TPSA) is 50.2 Å². The molecule has 2 aromatic rings. The Balaban J connectivity index is 1.46. The zero-order valence-electron chi connectivity index (χ0n) is 14.1. The van der Waals surface area contributed by atoms with E-state index in [0.717, 1.165) is 24.4 Å². The van der Waals surface area contributed by atoms with Crippen molar-refractivity contribution in [3.8, 4) is 0 Å². The highest BCUT2D eigenvalue weighted by atomic mass is 16.2. The number of anilines is 1. The van der Waals surface area contributed by atoms with Crippen LogP contribution in [0.25, 0.3) is 0 Å². The van der Waals surface area contributed by atoms with Gasteiger partial charge in [-0.05, 0) is 31.2 Å². The van der Waals surface area contributed by atoms with Gasteiger partial charge in [-0.25, -0.2) is 4.79 Å². The maximum Gasteiger partial charge on any atom is 0.323 e. The summed E-state index contributed by atoms with van der Waals surface area (Å²) in [6.07, 6.45) is 5.91. The van der Waals surface area contributed by atoms with E-state index in [1.165, 1.54) is 24.8 Å². The predicted molar refractivity (Wildman–Crippen MR) is 93.8 cm³/mol. The van der Waals surface area contributed by atoms with Crippen LogP contribution >= 0.6 is 0 Å². The molecule has 24 heavy (non-hydrogen) atoms. The fourth-order valence-corrected chi connectivity index (χ4v) is 3.22. The van der Waals surface area contributed by atoms with Crippen molar-refractivity contribution in [1.29, 1.82) is 0 Å². The minimum absolute atomic E-state index is 0.0236. The van der Waals surface area contributed by atoms with Crippen LogP contribution in [0.1, 0.15) is 49.3 Å². The molecule has 4 rings (SSSR count). The number of urea groups is 1. The Kier molecular flexibility index (Phi) is 4.00. The average Bonchev–Trinajstić information content (AvgIpc) is 3.30. The van der Waals surface area contributed by atoms with Crippen molar-refractivity contribution in [2.24, 2.45) is 7.05 Å². The normalized spacial score (nSPS) is 17.4. The molecule has 2 aliphatic rings. The number of carbonyl (C=O) groups is 1. The van der Waals surface area contributed by atoms with Gasteiger partial charge in [0.15, 0.2) is 0 Å². The first-order valence-electron chi connectivity index (χ1n) is 8.86. The molecule has 126 valence electrons. The van der Waals surface area contributed by atoms with Gasteiger partial charge in [0.05, 0.1) is 5.69 Å². The quantitative estimate of drug-likeness (QED) is 0.907. The lowest BCUT2D eigenvalue weighted by molar-refractivity contribution is 0.206. The molecule has 5 nitrogen and oxygen atoms in total. The minimum Gasteiger partial charge on any atom is -0.317 e. The summed E-state index contributed by atoms with van der Waals surface area (Å²) >= 11 is 0. The van der Waals surface area contributed by atoms with Crippen LogP contribution in [0.4, 0.5) is 10.6 Å². The van der Waals surface area contributed by atoms with Crippen molar-refractivity contribution in [3.05, 3.63) is 47.7 Å². The molecule has 2 aliphatic carbocycles. The largest absolute Gasteiger partial charge is 0.323 e. The Bertz CT molecular complexity index is 716. The van der Waals surface area contributed by atoms with Crippen molar-refractivity contribution >= 4 is 11.8 Å². The van der Waals surface area contributed by atoms with Crippen molar-refractivity contribution in [3.63, 3.8) is 0 Å². The van der Waals surface area contributed by atoms with Gasteiger partial charge < -0.3 is 4.90 Å². The van der Waals surface area contributed by atoms with Crippen LogP contribution in [0.3, 0.4) is 0 Å². The molecule has 0 aliphatic heterocycles. The molecular formula is C19H24N4O. The summed E-state index contributed by atoms with van der Waals surface area (Å²) in [5.74, 6) is 1.37. The number of aromatic nitrogens is 2. The molecule has 0 bridgehead atoms. The van der Waals surface area contributed by atoms with E-state index >= 15 is 0 Å². The summed E-state index contributed by atoms with van der Waals surface area (Å²) in [4.78, 5) is 14.7. The van der Waals surface area contributed by atoms with Gasteiger partial charge in [0.25, 0.3) is 0 Å². The third-order valence-corrected chi connectivity index (χ3v) is 5.10. The van der Waals surface area contributed by atoms with Crippen molar-refractivity contribution in [2.45, 2.75) is 50.6 Å². The van der Waals surface area contributed by atoms with Gasteiger partial charge in [-0.2, -0.15) is 5.10 Å². The summed E-state index contributed by atoms with van der Waals surface area (Å²) in [7, 11) is 1.90. The Morgan fingerprint density at radius 2 is 2.00 bits per heavy atom. The highest BCUT2D eigenvalue weighted by Crippen LogP contribution is 2.36. The minimum atomic E-state index is -0.0236. The van der Waals surface area contributed by atoms with E-state index in [4.69, 9.17) is 0 Å². The number of carbonyl (C=O) groups excluding carboxylic acids is 1. The van der Waals surface area contributed by atoms with Crippen LogP contribution in [0.2, 0.25) is 0 Å². The lowest BCUT2D eigenvalue weighted by Crippen LogP contribution is -2.36. The number of hydrogen-bond acceptors (Lipinski definition) is 2. The second-order valence-electron chi connectivity index (χ2n) is 6.98. The second kappa shape index (κ2) is 6.30. The van der Waals surface area contributed by atoms with E-state index in [2.05, 4.69) is 22.5 Å². The number of benzene rings is 1. The Hall–Kier alpha value is -2.30. The molecule has 2 saturated carbocycles. The van der Waals surface area contributed by atoms with Gasteiger partial charge in [0.1, 0.15) is 5.82 Å². The first-order chi connectivity index (χ1) is 11.7. The fraction of sp³-hybridized carbons (Fsp3) is 0.474. The lowest BCUT2D eigenvalue weighted by atomic mass is 9.83. The second-order valence-corrected chi connectivity index (χ2v) is 6.98. The number of nitrogens with zero attached hydrogens (tertiary/aromatic N) is 3. The number of rotatable bonds is 5. The summed E-state index contributed by atoms with van der Waals surface area (Å²) in [5, 5.41) is 7.64.